The van der Waals surface area contributed by atoms with E-state index in [-0.39, 0.29) is 18.7 Å². The molecule has 2 saturated heterocycles. The van der Waals surface area contributed by atoms with E-state index in [1.807, 2.05) is 30.3 Å². The normalized spacial score (nSPS) is 21.2. The summed E-state index contributed by atoms with van der Waals surface area (Å²) in [7, 11) is 0. The summed E-state index contributed by atoms with van der Waals surface area (Å²) >= 11 is 0. The van der Waals surface area contributed by atoms with E-state index in [2.05, 4.69) is 9.88 Å². The molecule has 37 heavy (non-hydrogen) atoms. The lowest BCUT2D eigenvalue weighted by molar-refractivity contribution is -0.386. The Kier molecular flexibility index (Phi) is 6.59. The van der Waals surface area contributed by atoms with E-state index in [0.29, 0.717) is 0 Å². The van der Waals surface area contributed by atoms with Gasteiger partial charge in [-0.05, 0) is 36.6 Å². The second kappa shape index (κ2) is 9.34. The Labute approximate surface area is 211 Å². The van der Waals surface area contributed by atoms with Crippen LogP contribution in [0.15, 0.2) is 42.7 Å². The highest BCUT2D eigenvalue weighted by molar-refractivity contribution is 5.48. The molecule has 5 rings (SSSR count). The third kappa shape index (κ3) is 4.87. The maximum absolute atomic E-state index is 13.2. The second-order valence-corrected chi connectivity index (χ2v) is 10.4. The first kappa shape index (κ1) is 26.1. The third-order valence-electron chi connectivity index (χ3n) is 8.13. The summed E-state index contributed by atoms with van der Waals surface area (Å²) in [5.74, 6) is -1.06. The number of benzene rings is 1. The van der Waals surface area contributed by atoms with Gasteiger partial charge in [0.2, 0.25) is 0 Å². The summed E-state index contributed by atoms with van der Waals surface area (Å²) in [6, 6.07) is 9.60. The number of piperidine rings is 2. The smallest absolute Gasteiger partial charge is 0.426 e. The van der Waals surface area contributed by atoms with Crippen molar-refractivity contribution in [3.63, 3.8) is 0 Å². The number of hydrogen-bond donors (Lipinski definition) is 1. The minimum absolute atomic E-state index is 0.00456. The molecule has 5 nitrogen and oxygen atoms in total. The molecule has 0 radical (unpaired) electrons. The SMILES string of the molecule is OC(C1CCN(c2ccc(CN3CCC4(CC3)Cc3ccncc3O4)cc2)CC1)(C(F)(F)F)C(F)(F)F. The van der Waals surface area contributed by atoms with Gasteiger partial charge in [-0.25, -0.2) is 0 Å². The van der Waals surface area contributed by atoms with E-state index < -0.39 is 36.7 Å². The maximum atomic E-state index is 13.2. The molecule has 0 saturated carbocycles. The quantitative estimate of drug-likeness (QED) is 0.557. The molecule has 0 aliphatic carbocycles. The van der Waals surface area contributed by atoms with Gasteiger partial charge in [0, 0.05) is 75.4 Å². The van der Waals surface area contributed by atoms with Gasteiger partial charge in [0.05, 0.1) is 6.20 Å². The van der Waals surface area contributed by atoms with Gasteiger partial charge in [-0.15, -0.1) is 0 Å². The Hall–Kier alpha value is -2.53. The number of likely N-dealkylation sites (tertiary alicyclic amines) is 1. The monoisotopic (exact) mass is 529 g/mol. The molecule has 0 atom stereocenters. The zero-order valence-corrected chi connectivity index (χ0v) is 20.2. The van der Waals surface area contributed by atoms with Crippen LogP contribution in [-0.2, 0) is 13.0 Å². The summed E-state index contributed by atoms with van der Waals surface area (Å²) in [6.45, 7) is 2.53. The Morgan fingerprint density at radius 1 is 0.919 bits per heavy atom. The van der Waals surface area contributed by atoms with Crippen molar-refractivity contribution in [1.29, 1.82) is 0 Å². The zero-order valence-electron chi connectivity index (χ0n) is 20.2. The van der Waals surface area contributed by atoms with Crippen molar-refractivity contribution in [2.75, 3.05) is 31.1 Å². The number of halogens is 6. The summed E-state index contributed by atoms with van der Waals surface area (Å²) < 4.78 is 85.4. The lowest BCUT2D eigenvalue weighted by Crippen LogP contribution is -2.63. The molecule has 2 fully saturated rings. The third-order valence-corrected chi connectivity index (χ3v) is 8.13. The fourth-order valence-corrected chi connectivity index (χ4v) is 5.91. The van der Waals surface area contributed by atoms with Gasteiger partial charge < -0.3 is 14.7 Å². The molecule has 1 spiro atoms. The van der Waals surface area contributed by atoms with Crippen molar-refractivity contribution in [1.82, 2.24) is 9.88 Å². The van der Waals surface area contributed by atoms with E-state index in [1.165, 1.54) is 5.56 Å². The number of anilines is 1. The molecule has 3 aliphatic rings. The first-order valence-electron chi connectivity index (χ1n) is 12.4. The van der Waals surface area contributed by atoms with Crippen LogP contribution in [-0.4, -0.2) is 64.7 Å². The van der Waals surface area contributed by atoms with Gasteiger partial charge in [0.15, 0.2) is 0 Å². The standard InChI is InChI=1S/C26H29F6N3O2/c27-25(28,29)24(36,26(30,31)32)20-6-11-35(12-7-20)21-3-1-18(2-4-21)17-34-13-8-23(9-14-34)15-19-5-10-33-16-22(19)37-23/h1-5,10,16,20,36H,6-9,11-15,17H2. The van der Waals surface area contributed by atoms with Crippen molar-refractivity contribution in [3.05, 3.63) is 53.9 Å². The molecule has 1 aromatic carbocycles. The number of hydrogen-bond acceptors (Lipinski definition) is 5. The number of nitrogens with zero attached hydrogens (tertiary/aromatic N) is 3. The first-order valence-corrected chi connectivity index (χ1v) is 12.4. The molecule has 3 aliphatic heterocycles. The van der Waals surface area contributed by atoms with Crippen LogP contribution >= 0.6 is 0 Å². The Morgan fingerprint density at radius 3 is 2.11 bits per heavy atom. The van der Waals surface area contributed by atoms with E-state index in [1.54, 1.807) is 17.3 Å². The number of aromatic nitrogens is 1. The van der Waals surface area contributed by atoms with Crippen LogP contribution in [0.2, 0.25) is 0 Å². The van der Waals surface area contributed by atoms with Gasteiger partial charge in [0.1, 0.15) is 11.4 Å². The molecule has 0 unspecified atom stereocenters. The minimum atomic E-state index is -5.78. The van der Waals surface area contributed by atoms with Crippen molar-refractivity contribution in [2.24, 2.45) is 5.92 Å². The lowest BCUT2D eigenvalue weighted by Gasteiger charge is -2.43. The van der Waals surface area contributed by atoms with Crippen molar-refractivity contribution >= 4 is 5.69 Å². The summed E-state index contributed by atoms with van der Waals surface area (Å²) in [5.41, 5.74) is -1.83. The van der Waals surface area contributed by atoms with Crippen LogP contribution in [0.5, 0.6) is 5.75 Å². The van der Waals surface area contributed by atoms with Gasteiger partial charge >= 0.3 is 12.4 Å². The average Bonchev–Trinajstić information content (AvgIpc) is 3.22. The average molecular weight is 530 g/mol. The highest BCUT2D eigenvalue weighted by Crippen LogP contribution is 2.50. The van der Waals surface area contributed by atoms with E-state index >= 15 is 0 Å². The van der Waals surface area contributed by atoms with E-state index in [0.717, 1.165) is 55.9 Å². The van der Waals surface area contributed by atoms with Crippen molar-refractivity contribution < 1.29 is 36.2 Å². The second-order valence-electron chi connectivity index (χ2n) is 10.4. The summed E-state index contributed by atoms with van der Waals surface area (Å²) in [5, 5.41) is 9.69. The van der Waals surface area contributed by atoms with Gasteiger partial charge in [-0.3, -0.25) is 9.88 Å². The number of fused-ring (bicyclic) bond motifs is 1. The summed E-state index contributed by atoms with van der Waals surface area (Å²) in [4.78, 5) is 8.26. The molecule has 2 aromatic rings. The molecule has 0 bridgehead atoms. The molecule has 1 aromatic heterocycles. The van der Waals surface area contributed by atoms with E-state index in [9.17, 15) is 31.4 Å². The van der Waals surface area contributed by atoms with E-state index in [4.69, 9.17) is 4.74 Å². The molecule has 202 valence electrons. The number of alkyl halides is 6. The highest BCUT2D eigenvalue weighted by atomic mass is 19.4. The van der Waals surface area contributed by atoms with Crippen LogP contribution < -0.4 is 9.64 Å². The van der Waals surface area contributed by atoms with Crippen molar-refractivity contribution in [3.8, 4) is 5.75 Å². The lowest BCUT2D eigenvalue weighted by atomic mass is 9.79. The summed E-state index contributed by atoms with van der Waals surface area (Å²) in [6.07, 6.45) is -6.09. The number of rotatable bonds is 4. The van der Waals surface area contributed by atoms with Crippen LogP contribution in [0.1, 0.15) is 36.8 Å². The topological polar surface area (TPSA) is 48.8 Å². The van der Waals surface area contributed by atoms with Crippen LogP contribution in [0, 0.1) is 5.92 Å². The molecule has 1 N–H and O–H groups in total. The fourth-order valence-electron chi connectivity index (χ4n) is 5.91. The van der Waals surface area contributed by atoms with Gasteiger partial charge in [-0.1, -0.05) is 12.1 Å². The van der Waals surface area contributed by atoms with Crippen LogP contribution in [0.4, 0.5) is 32.0 Å². The Balaban J connectivity index is 1.14. The predicted octanol–water partition coefficient (Wildman–Crippen LogP) is 5.12. The highest BCUT2D eigenvalue weighted by Gasteiger charge is 2.73. The number of ether oxygens (including phenoxy) is 1. The zero-order chi connectivity index (χ0) is 26.5. The molecule has 4 heterocycles. The van der Waals surface area contributed by atoms with Gasteiger partial charge in [-0.2, -0.15) is 26.3 Å². The number of aliphatic hydroxyl groups is 1. The number of pyridine rings is 1. The minimum Gasteiger partial charge on any atom is -0.485 e. The molecular weight excluding hydrogens is 500 g/mol. The van der Waals surface area contributed by atoms with Crippen LogP contribution in [0.3, 0.4) is 0 Å². The Morgan fingerprint density at radius 2 is 1.54 bits per heavy atom. The molecular formula is C26H29F6N3O2. The molecule has 0 amide bonds. The largest absolute Gasteiger partial charge is 0.485 e. The first-order chi connectivity index (χ1) is 17.4. The fraction of sp³-hybridized carbons (Fsp3) is 0.577. The van der Waals surface area contributed by atoms with Gasteiger partial charge in [0.25, 0.3) is 5.60 Å². The van der Waals surface area contributed by atoms with Crippen LogP contribution in [0.25, 0.3) is 0 Å². The predicted molar refractivity (Wildman–Crippen MR) is 124 cm³/mol. The maximum Gasteiger partial charge on any atom is 0.426 e. The van der Waals surface area contributed by atoms with Crippen molar-refractivity contribution in [2.45, 2.75) is 62.2 Å². The molecule has 11 heteroatoms. The Bertz CT molecular complexity index is 1050.